The number of hydrogen-bond donors (Lipinski definition) is 1. The molecule has 0 unspecified atom stereocenters. The number of piperidine rings is 1. The van der Waals surface area contributed by atoms with E-state index in [0.717, 1.165) is 5.69 Å². The molecule has 9 heteroatoms. The standard InChI is InChI=1S/C26H29N3O5S/c1-2-33-23-9-11-25(12-10-23)35(31,32)29-16-13-20(14-17-29)26(30)28-21-7-5-8-24(18-21)34-19-22-6-3-4-15-27-22/h3-12,15,18,20H,2,13-14,16-17,19H2,1H3,(H,28,30). The van der Waals surface area contributed by atoms with Crippen molar-refractivity contribution in [3.63, 3.8) is 0 Å². The molecule has 1 aliphatic heterocycles. The number of benzene rings is 2. The van der Waals surface area contributed by atoms with Gasteiger partial charge in [0.1, 0.15) is 18.1 Å². The Bertz CT molecular complexity index is 1230. The highest BCUT2D eigenvalue weighted by molar-refractivity contribution is 7.89. The number of rotatable bonds is 9. The molecule has 0 atom stereocenters. The number of carbonyl (C=O) groups excluding carboxylic acids is 1. The largest absolute Gasteiger partial charge is 0.494 e. The van der Waals surface area contributed by atoms with Crippen molar-refractivity contribution in [2.24, 2.45) is 5.92 Å². The summed E-state index contributed by atoms with van der Waals surface area (Å²) >= 11 is 0. The summed E-state index contributed by atoms with van der Waals surface area (Å²) in [7, 11) is -3.61. The molecule has 0 bridgehead atoms. The first-order valence-electron chi connectivity index (χ1n) is 11.6. The second-order valence-corrected chi connectivity index (χ2v) is 10.1. The minimum Gasteiger partial charge on any atom is -0.494 e. The smallest absolute Gasteiger partial charge is 0.243 e. The Hall–Kier alpha value is -3.43. The van der Waals surface area contributed by atoms with Crippen LogP contribution in [0.4, 0.5) is 5.69 Å². The molecule has 1 N–H and O–H groups in total. The molecule has 1 aliphatic rings. The van der Waals surface area contributed by atoms with Crippen molar-refractivity contribution in [1.29, 1.82) is 0 Å². The molecule has 1 saturated heterocycles. The minimum absolute atomic E-state index is 0.120. The summed E-state index contributed by atoms with van der Waals surface area (Å²) in [6, 6.07) is 19.3. The summed E-state index contributed by atoms with van der Waals surface area (Å²) < 4.78 is 38.6. The third kappa shape index (κ3) is 6.37. The molecule has 184 valence electrons. The van der Waals surface area contributed by atoms with Gasteiger partial charge in [-0.1, -0.05) is 12.1 Å². The van der Waals surface area contributed by atoms with Crippen LogP contribution in [0.1, 0.15) is 25.5 Å². The lowest BCUT2D eigenvalue weighted by atomic mass is 9.97. The highest BCUT2D eigenvalue weighted by Gasteiger charge is 2.32. The summed E-state index contributed by atoms with van der Waals surface area (Å²) in [6.07, 6.45) is 2.62. The van der Waals surface area contributed by atoms with Crippen LogP contribution in [0.3, 0.4) is 0 Å². The third-order valence-corrected chi connectivity index (χ3v) is 7.72. The zero-order valence-corrected chi connectivity index (χ0v) is 20.4. The summed E-state index contributed by atoms with van der Waals surface area (Å²) in [6.45, 7) is 3.31. The lowest BCUT2D eigenvalue weighted by Crippen LogP contribution is -2.41. The Labute approximate surface area is 206 Å². The van der Waals surface area contributed by atoms with E-state index in [0.29, 0.717) is 56.3 Å². The Morgan fingerprint density at radius 1 is 1.00 bits per heavy atom. The number of sulfonamides is 1. The van der Waals surface area contributed by atoms with E-state index in [9.17, 15) is 13.2 Å². The van der Waals surface area contributed by atoms with E-state index < -0.39 is 10.0 Å². The number of amides is 1. The van der Waals surface area contributed by atoms with Crippen LogP contribution in [-0.4, -0.2) is 43.3 Å². The predicted octanol–water partition coefficient (Wildman–Crippen LogP) is 4.10. The molecule has 1 amide bonds. The molecule has 0 saturated carbocycles. The SMILES string of the molecule is CCOc1ccc(S(=O)(=O)N2CCC(C(=O)Nc3cccc(OCc4ccccn4)c3)CC2)cc1. The van der Waals surface area contributed by atoms with Crippen LogP contribution in [0.15, 0.2) is 77.8 Å². The van der Waals surface area contributed by atoms with Gasteiger partial charge < -0.3 is 14.8 Å². The van der Waals surface area contributed by atoms with Gasteiger partial charge in [0.25, 0.3) is 0 Å². The number of pyridine rings is 1. The monoisotopic (exact) mass is 495 g/mol. The lowest BCUT2D eigenvalue weighted by Gasteiger charge is -2.30. The molecule has 0 aliphatic carbocycles. The van der Waals surface area contributed by atoms with Crippen LogP contribution in [-0.2, 0) is 21.4 Å². The van der Waals surface area contributed by atoms with Crippen molar-refractivity contribution in [2.75, 3.05) is 25.0 Å². The van der Waals surface area contributed by atoms with Gasteiger partial charge in [-0.2, -0.15) is 4.31 Å². The maximum absolute atomic E-state index is 13.0. The topological polar surface area (TPSA) is 97.8 Å². The molecule has 2 aromatic carbocycles. The number of nitrogens with zero attached hydrogens (tertiary/aromatic N) is 2. The first-order valence-corrected chi connectivity index (χ1v) is 13.1. The molecule has 4 rings (SSSR count). The number of hydrogen-bond acceptors (Lipinski definition) is 6. The van der Waals surface area contributed by atoms with E-state index in [2.05, 4.69) is 10.3 Å². The fraction of sp³-hybridized carbons (Fsp3) is 0.308. The van der Waals surface area contributed by atoms with Gasteiger partial charge in [0.15, 0.2) is 0 Å². The Morgan fingerprint density at radius 3 is 2.46 bits per heavy atom. The number of aromatic nitrogens is 1. The van der Waals surface area contributed by atoms with E-state index in [1.807, 2.05) is 37.3 Å². The van der Waals surface area contributed by atoms with E-state index in [-0.39, 0.29) is 16.7 Å². The first-order chi connectivity index (χ1) is 17.0. The van der Waals surface area contributed by atoms with Gasteiger partial charge in [-0.05, 0) is 68.3 Å². The number of nitrogens with one attached hydrogen (secondary N) is 1. The molecular weight excluding hydrogens is 466 g/mol. The summed E-state index contributed by atoms with van der Waals surface area (Å²) in [5, 5.41) is 2.94. The Kier molecular flexibility index (Phi) is 7.99. The molecule has 0 radical (unpaired) electrons. The van der Waals surface area contributed by atoms with Crippen LogP contribution >= 0.6 is 0 Å². The highest BCUT2D eigenvalue weighted by atomic mass is 32.2. The molecule has 3 aromatic rings. The number of anilines is 1. The van der Waals surface area contributed by atoms with Gasteiger partial charge in [0.05, 0.1) is 17.2 Å². The molecule has 1 fully saturated rings. The zero-order chi connectivity index (χ0) is 24.7. The van der Waals surface area contributed by atoms with Crippen molar-refractivity contribution in [2.45, 2.75) is 31.3 Å². The van der Waals surface area contributed by atoms with Gasteiger partial charge >= 0.3 is 0 Å². The third-order valence-electron chi connectivity index (χ3n) is 5.81. The van der Waals surface area contributed by atoms with Crippen molar-refractivity contribution < 1.29 is 22.7 Å². The predicted molar refractivity (Wildman–Crippen MR) is 133 cm³/mol. The maximum atomic E-state index is 13.0. The normalized spacial score (nSPS) is 14.9. The molecular formula is C26H29N3O5S. The average molecular weight is 496 g/mol. The van der Waals surface area contributed by atoms with E-state index >= 15 is 0 Å². The van der Waals surface area contributed by atoms with Crippen molar-refractivity contribution in [3.05, 3.63) is 78.6 Å². The fourth-order valence-electron chi connectivity index (χ4n) is 3.93. The average Bonchev–Trinajstić information content (AvgIpc) is 2.89. The van der Waals surface area contributed by atoms with Crippen LogP contribution in [0.25, 0.3) is 0 Å². The van der Waals surface area contributed by atoms with E-state index in [4.69, 9.17) is 9.47 Å². The van der Waals surface area contributed by atoms with Crippen LogP contribution in [0, 0.1) is 5.92 Å². The minimum atomic E-state index is -3.61. The lowest BCUT2D eigenvalue weighted by molar-refractivity contribution is -0.120. The molecule has 35 heavy (non-hydrogen) atoms. The zero-order valence-electron chi connectivity index (χ0n) is 19.6. The summed E-state index contributed by atoms with van der Waals surface area (Å²) in [4.78, 5) is 17.3. The van der Waals surface area contributed by atoms with Gasteiger partial charge in [0.2, 0.25) is 15.9 Å². The Balaban J connectivity index is 1.30. The van der Waals surface area contributed by atoms with Crippen molar-refractivity contribution in [1.82, 2.24) is 9.29 Å². The highest BCUT2D eigenvalue weighted by Crippen LogP contribution is 2.27. The maximum Gasteiger partial charge on any atom is 0.243 e. The molecule has 8 nitrogen and oxygen atoms in total. The van der Waals surface area contributed by atoms with Crippen LogP contribution in [0.2, 0.25) is 0 Å². The Morgan fingerprint density at radius 2 is 1.77 bits per heavy atom. The van der Waals surface area contributed by atoms with Crippen molar-refractivity contribution in [3.8, 4) is 11.5 Å². The van der Waals surface area contributed by atoms with Crippen molar-refractivity contribution >= 4 is 21.6 Å². The fourth-order valence-corrected chi connectivity index (χ4v) is 5.40. The van der Waals surface area contributed by atoms with Crippen LogP contribution in [0.5, 0.6) is 11.5 Å². The number of carbonyl (C=O) groups is 1. The van der Waals surface area contributed by atoms with Crippen LogP contribution < -0.4 is 14.8 Å². The summed E-state index contributed by atoms with van der Waals surface area (Å²) in [5.41, 5.74) is 1.45. The van der Waals surface area contributed by atoms with E-state index in [1.54, 1.807) is 42.6 Å². The summed E-state index contributed by atoms with van der Waals surface area (Å²) in [5.74, 6) is 0.877. The first kappa shape index (κ1) is 24.7. The second-order valence-electron chi connectivity index (χ2n) is 8.21. The van der Waals surface area contributed by atoms with Gasteiger partial charge in [-0.3, -0.25) is 9.78 Å². The molecule has 1 aromatic heterocycles. The molecule has 0 spiro atoms. The van der Waals surface area contributed by atoms with Gasteiger partial charge in [-0.25, -0.2) is 8.42 Å². The number of ether oxygens (including phenoxy) is 2. The van der Waals surface area contributed by atoms with Gasteiger partial charge in [0, 0.05) is 37.0 Å². The second kappa shape index (κ2) is 11.3. The molecule has 2 heterocycles. The quantitative estimate of drug-likeness (QED) is 0.480. The van der Waals surface area contributed by atoms with Gasteiger partial charge in [-0.15, -0.1) is 0 Å². The van der Waals surface area contributed by atoms with E-state index in [1.165, 1.54) is 4.31 Å².